The zero-order valence-electron chi connectivity index (χ0n) is 19.1. The van der Waals surface area contributed by atoms with Gasteiger partial charge in [-0.2, -0.15) is 0 Å². The summed E-state index contributed by atoms with van der Waals surface area (Å²) in [4.78, 5) is 43.1. The zero-order valence-corrected chi connectivity index (χ0v) is 19.1. The van der Waals surface area contributed by atoms with Gasteiger partial charge in [-0.3, -0.25) is 24.0 Å². The van der Waals surface area contributed by atoms with Crippen LogP contribution in [0.1, 0.15) is 5.56 Å². The number of nitrogen functional groups attached to an aromatic ring is 1. The van der Waals surface area contributed by atoms with Gasteiger partial charge in [0, 0.05) is 13.6 Å². The highest BCUT2D eigenvalue weighted by Gasteiger charge is 2.25. The van der Waals surface area contributed by atoms with Crippen LogP contribution in [0.3, 0.4) is 0 Å². The number of carbonyl (C=O) groups is 1. The Morgan fingerprint density at radius 2 is 1.76 bits per heavy atom. The van der Waals surface area contributed by atoms with E-state index in [1.807, 2.05) is 54.6 Å². The SMILES string of the molecule is CN(CC(=O)N(C)c1c(N)n(Cc2ccccc2)c(=O)[nH]c1=O)C[C@@H]1COc2ccccc2O1. The Morgan fingerprint density at radius 1 is 1.09 bits per heavy atom. The highest BCUT2D eigenvalue weighted by Crippen LogP contribution is 2.31. The van der Waals surface area contributed by atoms with Crippen LogP contribution in [-0.4, -0.2) is 60.3 Å². The van der Waals surface area contributed by atoms with Gasteiger partial charge in [0.1, 0.15) is 18.5 Å². The molecule has 1 aliphatic heterocycles. The molecule has 0 spiro atoms. The van der Waals surface area contributed by atoms with Gasteiger partial charge in [-0.15, -0.1) is 0 Å². The fraction of sp³-hybridized carbons (Fsp3) is 0.292. The van der Waals surface area contributed by atoms with Crippen LogP contribution in [0.5, 0.6) is 11.5 Å². The lowest BCUT2D eigenvalue weighted by Gasteiger charge is -2.30. The minimum absolute atomic E-state index is 0.00863. The second kappa shape index (κ2) is 9.84. The Bertz CT molecular complexity index is 1290. The van der Waals surface area contributed by atoms with Crippen molar-refractivity contribution < 1.29 is 14.3 Å². The second-order valence-corrected chi connectivity index (χ2v) is 8.21. The summed E-state index contributed by atoms with van der Waals surface area (Å²) in [5.41, 5.74) is 5.61. The maximum Gasteiger partial charge on any atom is 0.330 e. The van der Waals surface area contributed by atoms with Gasteiger partial charge in [0.2, 0.25) is 5.91 Å². The lowest BCUT2D eigenvalue weighted by molar-refractivity contribution is -0.119. The number of para-hydroxylation sites is 2. The van der Waals surface area contributed by atoms with Crippen molar-refractivity contribution in [1.29, 1.82) is 0 Å². The van der Waals surface area contributed by atoms with Crippen LogP contribution in [0.2, 0.25) is 0 Å². The van der Waals surface area contributed by atoms with Crippen LogP contribution in [0.15, 0.2) is 64.2 Å². The number of carbonyl (C=O) groups excluding carboxylic acids is 1. The number of rotatable bonds is 7. The lowest BCUT2D eigenvalue weighted by Crippen LogP contribution is -2.45. The number of aromatic nitrogens is 2. The van der Waals surface area contributed by atoms with E-state index >= 15 is 0 Å². The molecule has 1 amide bonds. The first-order valence-electron chi connectivity index (χ1n) is 10.8. The Hall–Kier alpha value is -4.05. The maximum absolute atomic E-state index is 13.0. The van der Waals surface area contributed by atoms with E-state index < -0.39 is 11.2 Å². The van der Waals surface area contributed by atoms with Crippen molar-refractivity contribution in [2.75, 3.05) is 44.4 Å². The van der Waals surface area contributed by atoms with E-state index in [9.17, 15) is 14.4 Å². The summed E-state index contributed by atoms with van der Waals surface area (Å²) in [6, 6.07) is 16.6. The van der Waals surface area contributed by atoms with Crippen molar-refractivity contribution >= 4 is 17.4 Å². The van der Waals surface area contributed by atoms with Gasteiger partial charge in [-0.05, 0) is 24.7 Å². The van der Waals surface area contributed by atoms with Crippen molar-refractivity contribution in [1.82, 2.24) is 14.5 Å². The summed E-state index contributed by atoms with van der Waals surface area (Å²) in [5.74, 6) is 0.923. The van der Waals surface area contributed by atoms with Crippen LogP contribution in [0.4, 0.5) is 11.5 Å². The Morgan fingerprint density at radius 3 is 2.50 bits per heavy atom. The number of anilines is 2. The molecule has 3 N–H and O–H groups in total. The van der Waals surface area contributed by atoms with Crippen LogP contribution in [0.25, 0.3) is 0 Å². The Balaban J connectivity index is 1.45. The predicted octanol–water partition coefficient (Wildman–Crippen LogP) is 0.902. The first-order chi connectivity index (χ1) is 16.3. The molecule has 0 bridgehead atoms. The third-order valence-corrected chi connectivity index (χ3v) is 5.60. The number of hydrogen-bond acceptors (Lipinski definition) is 7. The topological polar surface area (TPSA) is 123 Å². The summed E-state index contributed by atoms with van der Waals surface area (Å²) in [7, 11) is 3.24. The minimum atomic E-state index is -0.717. The Kier molecular flexibility index (Phi) is 6.69. The third-order valence-electron chi connectivity index (χ3n) is 5.60. The monoisotopic (exact) mass is 465 g/mol. The number of aromatic amines is 1. The normalized spacial score (nSPS) is 14.7. The summed E-state index contributed by atoms with van der Waals surface area (Å²) >= 11 is 0. The average molecular weight is 466 g/mol. The molecule has 2 aromatic carbocycles. The highest BCUT2D eigenvalue weighted by atomic mass is 16.6. The molecule has 2 heterocycles. The van der Waals surface area contributed by atoms with Crippen LogP contribution in [-0.2, 0) is 11.3 Å². The number of nitrogens with two attached hydrogens (primary N) is 1. The van der Waals surface area contributed by atoms with E-state index in [4.69, 9.17) is 15.2 Å². The van der Waals surface area contributed by atoms with Gasteiger partial charge in [0.05, 0.1) is 13.1 Å². The van der Waals surface area contributed by atoms with E-state index in [2.05, 4.69) is 4.98 Å². The predicted molar refractivity (Wildman–Crippen MR) is 129 cm³/mol. The van der Waals surface area contributed by atoms with Gasteiger partial charge in [-0.1, -0.05) is 42.5 Å². The number of ether oxygens (including phenoxy) is 2. The largest absolute Gasteiger partial charge is 0.486 e. The van der Waals surface area contributed by atoms with Crippen LogP contribution < -0.4 is 31.4 Å². The molecule has 1 atom stereocenters. The van der Waals surface area contributed by atoms with E-state index in [0.717, 1.165) is 5.56 Å². The molecular weight excluding hydrogens is 438 g/mol. The van der Waals surface area contributed by atoms with Crippen molar-refractivity contribution in [2.45, 2.75) is 12.6 Å². The van der Waals surface area contributed by atoms with Gasteiger partial charge in [0.25, 0.3) is 5.56 Å². The molecule has 1 aliphatic rings. The van der Waals surface area contributed by atoms with Gasteiger partial charge in [0.15, 0.2) is 17.2 Å². The van der Waals surface area contributed by atoms with Gasteiger partial charge >= 0.3 is 5.69 Å². The number of amides is 1. The molecule has 0 radical (unpaired) electrons. The third kappa shape index (κ3) is 4.96. The number of H-pyrrole nitrogens is 1. The molecule has 1 aromatic heterocycles. The summed E-state index contributed by atoms with van der Waals surface area (Å²) in [6.07, 6.45) is -0.251. The molecule has 0 saturated carbocycles. The molecule has 0 fully saturated rings. The molecule has 34 heavy (non-hydrogen) atoms. The molecule has 0 aliphatic carbocycles. The molecule has 178 valence electrons. The van der Waals surface area contributed by atoms with Crippen LogP contribution in [0, 0.1) is 0 Å². The van der Waals surface area contributed by atoms with Gasteiger partial charge < -0.3 is 20.1 Å². The maximum atomic E-state index is 13.0. The quantitative estimate of drug-likeness (QED) is 0.532. The molecule has 10 nitrogen and oxygen atoms in total. The summed E-state index contributed by atoms with van der Waals surface area (Å²) in [6.45, 7) is 0.974. The standard InChI is InChI=1S/C24H27N5O5/c1-27(13-17-15-33-18-10-6-7-11-19(18)34-17)14-20(30)28(2)21-22(25)29(24(32)26-23(21)31)12-16-8-4-3-5-9-16/h3-11,17H,12-15,25H2,1-2H3,(H,26,31,32)/t17-/m1/s1. The summed E-state index contributed by atoms with van der Waals surface area (Å²) < 4.78 is 12.9. The number of fused-ring (bicyclic) bond motifs is 1. The molecule has 0 saturated heterocycles. The first-order valence-corrected chi connectivity index (χ1v) is 10.8. The molecule has 0 unspecified atom stereocenters. The van der Waals surface area contributed by atoms with Crippen molar-refractivity contribution in [2.24, 2.45) is 0 Å². The van der Waals surface area contributed by atoms with E-state index in [1.54, 1.807) is 11.9 Å². The molecular formula is C24H27N5O5. The second-order valence-electron chi connectivity index (χ2n) is 8.21. The average Bonchev–Trinajstić information content (AvgIpc) is 2.82. The number of benzene rings is 2. The fourth-order valence-electron chi connectivity index (χ4n) is 3.85. The Labute approximate surface area is 196 Å². The van der Waals surface area contributed by atoms with Gasteiger partial charge in [-0.25, -0.2) is 4.79 Å². The molecule has 4 rings (SSSR count). The van der Waals surface area contributed by atoms with Crippen molar-refractivity contribution in [3.05, 3.63) is 81.0 Å². The van der Waals surface area contributed by atoms with Crippen molar-refractivity contribution in [3.8, 4) is 11.5 Å². The number of likely N-dealkylation sites (N-methyl/N-ethyl adjacent to an activating group) is 2. The van der Waals surface area contributed by atoms with Crippen molar-refractivity contribution in [3.63, 3.8) is 0 Å². The smallest absolute Gasteiger partial charge is 0.330 e. The number of nitrogens with one attached hydrogen (secondary N) is 1. The number of hydrogen-bond donors (Lipinski definition) is 2. The highest BCUT2D eigenvalue weighted by molar-refractivity contribution is 5.96. The molecule has 3 aromatic rings. The van der Waals surface area contributed by atoms with E-state index in [-0.39, 0.29) is 36.6 Å². The summed E-state index contributed by atoms with van der Waals surface area (Å²) in [5, 5.41) is 0. The van der Waals surface area contributed by atoms with E-state index in [0.29, 0.717) is 24.7 Å². The fourth-order valence-corrected chi connectivity index (χ4v) is 3.85. The zero-order chi connectivity index (χ0) is 24.2. The molecule has 10 heteroatoms. The van der Waals surface area contributed by atoms with Crippen LogP contribution >= 0.6 is 0 Å². The van der Waals surface area contributed by atoms with E-state index in [1.165, 1.54) is 16.5 Å². The minimum Gasteiger partial charge on any atom is -0.486 e. The first kappa shape index (κ1) is 23.1. The lowest BCUT2D eigenvalue weighted by atomic mass is 10.2. The number of nitrogens with zero attached hydrogens (tertiary/aromatic N) is 3.